The zero-order valence-corrected chi connectivity index (χ0v) is 11.1. The van der Waals surface area contributed by atoms with Gasteiger partial charge in [-0.2, -0.15) is 0 Å². The van der Waals surface area contributed by atoms with E-state index in [4.69, 9.17) is 4.74 Å². The molecular formula is C12H13N3O3S. The molecule has 19 heavy (non-hydrogen) atoms. The Hall–Kier alpha value is -2.15. The molecule has 0 aliphatic rings. The van der Waals surface area contributed by atoms with Crippen molar-refractivity contribution < 1.29 is 9.66 Å². The average molecular weight is 279 g/mol. The number of nitro groups is 1. The Kier molecular flexibility index (Phi) is 4.30. The summed E-state index contributed by atoms with van der Waals surface area (Å²) in [5.74, 6) is 0.269. The van der Waals surface area contributed by atoms with Gasteiger partial charge in [-0.3, -0.25) is 10.1 Å². The van der Waals surface area contributed by atoms with Gasteiger partial charge in [0.2, 0.25) is 0 Å². The van der Waals surface area contributed by atoms with Crippen molar-refractivity contribution in [1.29, 1.82) is 0 Å². The third kappa shape index (κ3) is 3.41. The maximum absolute atomic E-state index is 10.8. The molecule has 100 valence electrons. The number of anilines is 1. The molecule has 0 saturated heterocycles. The van der Waals surface area contributed by atoms with E-state index in [0.29, 0.717) is 0 Å². The van der Waals surface area contributed by atoms with Crippen LogP contribution in [0.3, 0.4) is 0 Å². The maximum Gasteiger partial charge on any atom is 0.310 e. The molecule has 0 aliphatic carbocycles. The second-order valence-electron chi connectivity index (χ2n) is 3.68. The Balaban J connectivity index is 2.03. The minimum atomic E-state index is -0.452. The van der Waals surface area contributed by atoms with E-state index in [1.807, 2.05) is 6.92 Å². The summed E-state index contributed by atoms with van der Waals surface area (Å²) in [6.45, 7) is 3.07. The van der Waals surface area contributed by atoms with Crippen molar-refractivity contribution in [3.63, 3.8) is 0 Å². The van der Waals surface area contributed by atoms with Crippen molar-refractivity contribution in [3.05, 3.63) is 45.5 Å². The minimum absolute atomic E-state index is 0.0288. The second-order valence-corrected chi connectivity index (χ2v) is 4.79. The van der Waals surface area contributed by atoms with Gasteiger partial charge in [0.15, 0.2) is 10.9 Å². The van der Waals surface area contributed by atoms with E-state index < -0.39 is 4.92 Å². The molecule has 7 heteroatoms. The van der Waals surface area contributed by atoms with E-state index in [1.54, 1.807) is 24.4 Å². The molecule has 0 radical (unpaired) electrons. The molecule has 0 atom stereocenters. The molecule has 0 saturated carbocycles. The molecule has 0 spiro atoms. The smallest absolute Gasteiger partial charge is 0.310 e. The fourth-order valence-corrected chi connectivity index (χ4v) is 2.28. The van der Waals surface area contributed by atoms with Gasteiger partial charge in [-0.05, 0) is 13.0 Å². The fraction of sp³-hybridized carbons (Fsp3) is 0.250. The third-order valence-electron chi connectivity index (χ3n) is 2.31. The number of nitro benzene ring substituents is 1. The molecule has 2 rings (SSSR count). The summed E-state index contributed by atoms with van der Waals surface area (Å²) >= 11 is 1.47. The van der Waals surface area contributed by atoms with E-state index in [1.165, 1.54) is 17.4 Å². The number of hydrogen-bond acceptors (Lipinski definition) is 6. The van der Waals surface area contributed by atoms with Gasteiger partial charge in [-0.15, -0.1) is 0 Å². The molecule has 2 aromatic rings. The maximum atomic E-state index is 10.8. The SMILES string of the molecule is CCNc1ncc(COc2ccccc2[N+](=O)[O-])s1. The van der Waals surface area contributed by atoms with Crippen molar-refractivity contribution >= 4 is 22.2 Å². The Bertz CT molecular complexity index is 571. The Morgan fingerprint density at radius 1 is 1.47 bits per heavy atom. The summed E-state index contributed by atoms with van der Waals surface area (Å²) in [7, 11) is 0. The molecule has 0 amide bonds. The summed E-state index contributed by atoms with van der Waals surface area (Å²) in [6, 6.07) is 6.33. The summed E-state index contributed by atoms with van der Waals surface area (Å²) < 4.78 is 5.48. The number of benzene rings is 1. The van der Waals surface area contributed by atoms with E-state index >= 15 is 0 Å². The van der Waals surface area contributed by atoms with Gasteiger partial charge in [0.25, 0.3) is 0 Å². The van der Waals surface area contributed by atoms with Crippen LogP contribution in [0.4, 0.5) is 10.8 Å². The largest absolute Gasteiger partial charge is 0.481 e. The van der Waals surface area contributed by atoms with Crippen LogP contribution in [0.1, 0.15) is 11.8 Å². The quantitative estimate of drug-likeness (QED) is 0.649. The highest BCUT2D eigenvalue weighted by molar-refractivity contribution is 7.15. The number of aromatic nitrogens is 1. The van der Waals surface area contributed by atoms with Crippen LogP contribution in [0, 0.1) is 10.1 Å². The molecule has 0 aliphatic heterocycles. The summed E-state index contributed by atoms with van der Waals surface area (Å²) in [4.78, 5) is 15.5. The van der Waals surface area contributed by atoms with Gasteiger partial charge in [-0.1, -0.05) is 23.5 Å². The van der Waals surface area contributed by atoms with Crippen LogP contribution in [0.5, 0.6) is 5.75 Å². The first-order chi connectivity index (χ1) is 9.20. The number of hydrogen-bond donors (Lipinski definition) is 1. The zero-order valence-electron chi connectivity index (χ0n) is 10.3. The van der Waals surface area contributed by atoms with Crippen LogP contribution in [0.25, 0.3) is 0 Å². The number of nitrogens with one attached hydrogen (secondary N) is 1. The van der Waals surface area contributed by atoms with Crippen LogP contribution >= 0.6 is 11.3 Å². The normalized spacial score (nSPS) is 10.2. The molecule has 0 fully saturated rings. The zero-order chi connectivity index (χ0) is 13.7. The van der Waals surface area contributed by atoms with Gasteiger partial charge >= 0.3 is 5.69 Å². The lowest BCUT2D eigenvalue weighted by Gasteiger charge is -2.04. The van der Waals surface area contributed by atoms with Crippen molar-refractivity contribution in [1.82, 2.24) is 4.98 Å². The molecule has 1 N–H and O–H groups in total. The Labute approximate surface area is 114 Å². The standard InChI is InChI=1S/C12H13N3O3S/c1-2-13-12-14-7-9(19-12)8-18-11-6-4-3-5-10(11)15(16)17/h3-7H,2,8H2,1H3,(H,13,14). The topological polar surface area (TPSA) is 77.3 Å². The van der Waals surface area contributed by atoms with E-state index in [9.17, 15) is 10.1 Å². The highest BCUT2D eigenvalue weighted by Crippen LogP contribution is 2.27. The van der Waals surface area contributed by atoms with Crippen molar-refractivity contribution in [2.75, 3.05) is 11.9 Å². The first-order valence-electron chi connectivity index (χ1n) is 5.75. The molecule has 0 unspecified atom stereocenters. The molecule has 6 nitrogen and oxygen atoms in total. The summed E-state index contributed by atoms with van der Waals surface area (Å²) in [5, 5.41) is 14.8. The van der Waals surface area contributed by atoms with Gasteiger partial charge in [0.1, 0.15) is 6.61 Å². The van der Waals surface area contributed by atoms with Gasteiger partial charge in [-0.25, -0.2) is 4.98 Å². The minimum Gasteiger partial charge on any atom is -0.481 e. The highest BCUT2D eigenvalue weighted by Gasteiger charge is 2.14. The Morgan fingerprint density at radius 2 is 2.26 bits per heavy atom. The summed E-state index contributed by atoms with van der Waals surface area (Å²) in [5.41, 5.74) is -0.0288. The molecule has 1 heterocycles. The van der Waals surface area contributed by atoms with Crippen molar-refractivity contribution in [2.24, 2.45) is 0 Å². The van der Waals surface area contributed by atoms with Gasteiger partial charge in [0.05, 0.1) is 9.80 Å². The van der Waals surface area contributed by atoms with Gasteiger partial charge in [0, 0.05) is 18.8 Å². The fourth-order valence-electron chi connectivity index (χ4n) is 1.49. The third-order valence-corrected chi connectivity index (χ3v) is 3.24. The predicted molar refractivity (Wildman–Crippen MR) is 73.7 cm³/mol. The Morgan fingerprint density at radius 3 is 3.00 bits per heavy atom. The van der Waals surface area contributed by atoms with Crippen LogP contribution < -0.4 is 10.1 Å². The first kappa shape index (κ1) is 13.3. The number of thiazole rings is 1. The molecular weight excluding hydrogens is 266 g/mol. The lowest BCUT2D eigenvalue weighted by molar-refractivity contribution is -0.385. The summed E-state index contributed by atoms with van der Waals surface area (Å²) in [6.07, 6.45) is 1.71. The highest BCUT2D eigenvalue weighted by atomic mass is 32.1. The van der Waals surface area contributed by atoms with Crippen LogP contribution in [-0.4, -0.2) is 16.5 Å². The predicted octanol–water partition coefficient (Wildman–Crippen LogP) is 3.06. The number of para-hydroxylation sites is 2. The first-order valence-corrected chi connectivity index (χ1v) is 6.57. The molecule has 1 aromatic heterocycles. The lowest BCUT2D eigenvalue weighted by Crippen LogP contribution is -1.97. The number of ether oxygens (including phenoxy) is 1. The van der Waals surface area contributed by atoms with E-state index in [-0.39, 0.29) is 18.0 Å². The lowest BCUT2D eigenvalue weighted by atomic mass is 10.3. The monoisotopic (exact) mass is 279 g/mol. The van der Waals surface area contributed by atoms with Crippen LogP contribution in [0.2, 0.25) is 0 Å². The molecule has 1 aromatic carbocycles. The number of rotatable bonds is 6. The number of nitrogens with zero attached hydrogens (tertiary/aromatic N) is 2. The van der Waals surface area contributed by atoms with E-state index in [2.05, 4.69) is 10.3 Å². The van der Waals surface area contributed by atoms with Crippen LogP contribution in [0.15, 0.2) is 30.5 Å². The average Bonchev–Trinajstić information content (AvgIpc) is 2.85. The second kappa shape index (κ2) is 6.14. The van der Waals surface area contributed by atoms with E-state index in [0.717, 1.165) is 16.6 Å². The van der Waals surface area contributed by atoms with Crippen molar-refractivity contribution in [3.8, 4) is 5.75 Å². The molecule has 0 bridgehead atoms. The van der Waals surface area contributed by atoms with Crippen molar-refractivity contribution in [2.45, 2.75) is 13.5 Å². The van der Waals surface area contributed by atoms with Gasteiger partial charge < -0.3 is 10.1 Å². The van der Waals surface area contributed by atoms with Crippen LogP contribution in [-0.2, 0) is 6.61 Å².